The van der Waals surface area contributed by atoms with Crippen molar-refractivity contribution < 1.29 is 4.79 Å². The molecule has 1 amide bonds. The highest BCUT2D eigenvalue weighted by Gasteiger charge is 2.23. The van der Waals surface area contributed by atoms with Gasteiger partial charge in [-0.1, -0.05) is 37.6 Å². The first-order chi connectivity index (χ1) is 10.9. The van der Waals surface area contributed by atoms with E-state index in [9.17, 15) is 4.79 Å². The van der Waals surface area contributed by atoms with E-state index >= 15 is 0 Å². The standard InChI is InChI=1S/C18H28ClN3O.2ClH/c1-13(2)11-17(20)18(23)21-16-7-9-22(10-8-16)12-14-3-5-15(19)6-4-14;;/h3-6,13,16-17H,7-12,20H2,1-2H3,(H,21,23);2*1H/t17-;;/m0../s1. The lowest BCUT2D eigenvalue weighted by Gasteiger charge is -2.33. The Morgan fingerprint density at radius 1 is 1.24 bits per heavy atom. The molecule has 1 aromatic carbocycles. The summed E-state index contributed by atoms with van der Waals surface area (Å²) in [6.07, 6.45) is 2.70. The fourth-order valence-corrected chi connectivity index (χ4v) is 3.13. The van der Waals surface area contributed by atoms with Crippen LogP contribution in [0.1, 0.15) is 38.7 Å². The first-order valence-corrected chi connectivity index (χ1v) is 8.84. The molecule has 144 valence electrons. The fraction of sp³-hybridized carbons (Fsp3) is 0.611. The largest absolute Gasteiger partial charge is 0.352 e. The summed E-state index contributed by atoms with van der Waals surface area (Å²) in [5.74, 6) is 0.437. The lowest BCUT2D eigenvalue weighted by atomic mass is 10.0. The SMILES string of the molecule is CC(C)C[C@H](N)C(=O)NC1CCN(Cc2ccc(Cl)cc2)CC1.Cl.Cl. The molecular weight excluding hydrogens is 381 g/mol. The van der Waals surface area contributed by atoms with Crippen LogP contribution >= 0.6 is 36.4 Å². The fourth-order valence-electron chi connectivity index (χ4n) is 3.01. The number of hydrogen-bond acceptors (Lipinski definition) is 3. The first kappa shape index (κ1) is 24.5. The molecular formula is C18H30Cl3N3O. The van der Waals surface area contributed by atoms with E-state index in [1.54, 1.807) is 0 Å². The Morgan fingerprint density at radius 2 is 1.80 bits per heavy atom. The van der Waals surface area contributed by atoms with Gasteiger partial charge in [-0.25, -0.2) is 0 Å². The second kappa shape index (κ2) is 12.0. The van der Waals surface area contributed by atoms with E-state index in [0.29, 0.717) is 5.92 Å². The van der Waals surface area contributed by atoms with Crippen LogP contribution in [0.15, 0.2) is 24.3 Å². The predicted octanol–water partition coefficient (Wildman–Crippen LogP) is 3.64. The number of amides is 1. The molecule has 0 radical (unpaired) electrons. The van der Waals surface area contributed by atoms with Gasteiger partial charge < -0.3 is 11.1 Å². The number of nitrogens with two attached hydrogens (primary N) is 1. The van der Waals surface area contributed by atoms with Crippen LogP contribution in [0, 0.1) is 5.92 Å². The van der Waals surface area contributed by atoms with Crippen LogP contribution in [0.5, 0.6) is 0 Å². The minimum Gasteiger partial charge on any atom is -0.352 e. The van der Waals surface area contributed by atoms with E-state index in [0.717, 1.165) is 43.9 Å². The predicted molar refractivity (Wildman–Crippen MR) is 110 cm³/mol. The summed E-state index contributed by atoms with van der Waals surface area (Å²) in [6, 6.07) is 7.87. The Kier molecular flexibility index (Phi) is 11.7. The van der Waals surface area contributed by atoms with E-state index in [1.807, 2.05) is 12.1 Å². The maximum atomic E-state index is 12.1. The van der Waals surface area contributed by atoms with E-state index in [2.05, 4.69) is 36.2 Å². The van der Waals surface area contributed by atoms with Crippen molar-refractivity contribution >= 4 is 42.3 Å². The van der Waals surface area contributed by atoms with Crippen LogP contribution in [0.2, 0.25) is 5.02 Å². The molecule has 1 aliphatic rings. The Morgan fingerprint density at radius 3 is 2.32 bits per heavy atom. The van der Waals surface area contributed by atoms with Gasteiger partial charge in [0.05, 0.1) is 6.04 Å². The van der Waals surface area contributed by atoms with E-state index < -0.39 is 0 Å². The summed E-state index contributed by atoms with van der Waals surface area (Å²) in [6.45, 7) is 7.09. The molecule has 0 bridgehead atoms. The molecule has 1 fully saturated rings. The number of rotatable bonds is 6. The van der Waals surface area contributed by atoms with Crippen molar-refractivity contribution in [1.29, 1.82) is 0 Å². The van der Waals surface area contributed by atoms with Gasteiger partial charge in [0, 0.05) is 30.7 Å². The van der Waals surface area contributed by atoms with Crippen LogP contribution in [-0.2, 0) is 11.3 Å². The summed E-state index contributed by atoms with van der Waals surface area (Å²) >= 11 is 5.91. The highest BCUT2D eigenvalue weighted by atomic mass is 35.5. The van der Waals surface area contributed by atoms with E-state index in [4.69, 9.17) is 17.3 Å². The highest BCUT2D eigenvalue weighted by molar-refractivity contribution is 6.30. The van der Waals surface area contributed by atoms with Gasteiger partial charge in [0.25, 0.3) is 0 Å². The Balaban J connectivity index is 0.00000288. The average molecular weight is 411 g/mol. The molecule has 7 heteroatoms. The molecule has 1 saturated heterocycles. The molecule has 0 aliphatic carbocycles. The maximum Gasteiger partial charge on any atom is 0.237 e. The zero-order valence-corrected chi connectivity index (χ0v) is 17.3. The molecule has 3 N–H and O–H groups in total. The minimum absolute atomic E-state index is 0. The Bertz CT molecular complexity index is 503. The highest BCUT2D eigenvalue weighted by Crippen LogP contribution is 2.16. The number of carbonyl (C=O) groups excluding carboxylic acids is 1. The topological polar surface area (TPSA) is 58.4 Å². The molecule has 1 heterocycles. The van der Waals surface area contributed by atoms with Gasteiger partial charge in [0.1, 0.15) is 0 Å². The second-order valence-electron chi connectivity index (χ2n) is 6.92. The third-order valence-corrected chi connectivity index (χ3v) is 4.57. The molecule has 0 aromatic heterocycles. The summed E-state index contributed by atoms with van der Waals surface area (Å²) in [5.41, 5.74) is 7.22. The summed E-state index contributed by atoms with van der Waals surface area (Å²) < 4.78 is 0. The molecule has 0 spiro atoms. The number of benzene rings is 1. The van der Waals surface area contributed by atoms with Crippen molar-refractivity contribution in [2.45, 2.75) is 51.7 Å². The smallest absolute Gasteiger partial charge is 0.237 e. The van der Waals surface area contributed by atoms with Crippen molar-refractivity contribution in [2.24, 2.45) is 11.7 Å². The molecule has 2 rings (SSSR count). The number of nitrogens with one attached hydrogen (secondary N) is 1. The van der Waals surface area contributed by atoms with Gasteiger partial charge in [-0.3, -0.25) is 9.69 Å². The average Bonchev–Trinajstić information content (AvgIpc) is 2.51. The Labute approximate surface area is 168 Å². The quantitative estimate of drug-likeness (QED) is 0.752. The lowest BCUT2D eigenvalue weighted by Crippen LogP contribution is -2.49. The minimum atomic E-state index is -0.387. The summed E-state index contributed by atoms with van der Waals surface area (Å²) in [7, 11) is 0. The maximum absolute atomic E-state index is 12.1. The number of carbonyl (C=O) groups is 1. The van der Waals surface area contributed by atoms with Gasteiger partial charge >= 0.3 is 0 Å². The molecule has 1 aliphatic heterocycles. The van der Waals surface area contributed by atoms with Crippen LogP contribution in [0.25, 0.3) is 0 Å². The molecule has 0 unspecified atom stereocenters. The normalized spacial score (nSPS) is 16.7. The second-order valence-corrected chi connectivity index (χ2v) is 7.36. The third kappa shape index (κ3) is 8.61. The van der Waals surface area contributed by atoms with Gasteiger partial charge in [-0.2, -0.15) is 0 Å². The zero-order valence-electron chi connectivity index (χ0n) is 14.9. The Hall–Kier alpha value is -0.520. The summed E-state index contributed by atoms with van der Waals surface area (Å²) in [4.78, 5) is 14.5. The van der Waals surface area contributed by atoms with Gasteiger partial charge in [0.15, 0.2) is 0 Å². The van der Waals surface area contributed by atoms with Crippen molar-refractivity contribution in [2.75, 3.05) is 13.1 Å². The molecule has 1 aromatic rings. The number of likely N-dealkylation sites (tertiary alicyclic amines) is 1. The number of hydrogen-bond donors (Lipinski definition) is 2. The van der Waals surface area contributed by atoms with Crippen molar-refractivity contribution in [3.63, 3.8) is 0 Å². The molecule has 1 atom stereocenters. The monoisotopic (exact) mass is 409 g/mol. The number of halogens is 3. The van der Waals surface area contributed by atoms with Crippen LogP contribution in [0.3, 0.4) is 0 Å². The van der Waals surface area contributed by atoms with Crippen LogP contribution in [-0.4, -0.2) is 36.0 Å². The van der Waals surface area contributed by atoms with Gasteiger partial charge in [-0.05, 0) is 42.9 Å². The van der Waals surface area contributed by atoms with Gasteiger partial charge in [-0.15, -0.1) is 24.8 Å². The summed E-state index contributed by atoms with van der Waals surface area (Å²) in [5, 5.41) is 3.88. The first-order valence-electron chi connectivity index (χ1n) is 8.47. The molecule has 0 saturated carbocycles. The van der Waals surface area contributed by atoms with Crippen LogP contribution in [0.4, 0.5) is 0 Å². The van der Waals surface area contributed by atoms with Crippen molar-refractivity contribution in [3.8, 4) is 0 Å². The van der Waals surface area contributed by atoms with E-state index in [-0.39, 0.29) is 42.8 Å². The lowest BCUT2D eigenvalue weighted by molar-refractivity contribution is -0.123. The van der Waals surface area contributed by atoms with Gasteiger partial charge in [0.2, 0.25) is 5.91 Å². The zero-order chi connectivity index (χ0) is 16.8. The van der Waals surface area contributed by atoms with Crippen LogP contribution < -0.4 is 11.1 Å². The van der Waals surface area contributed by atoms with Crippen molar-refractivity contribution in [3.05, 3.63) is 34.9 Å². The van der Waals surface area contributed by atoms with Crippen molar-refractivity contribution in [1.82, 2.24) is 10.2 Å². The number of piperidine rings is 1. The number of nitrogens with zero attached hydrogens (tertiary/aromatic N) is 1. The third-order valence-electron chi connectivity index (χ3n) is 4.32. The molecule has 25 heavy (non-hydrogen) atoms. The molecule has 4 nitrogen and oxygen atoms in total. The van der Waals surface area contributed by atoms with E-state index in [1.165, 1.54) is 5.56 Å².